The molecule has 128 valence electrons. The second-order valence-corrected chi connectivity index (χ2v) is 5.82. The minimum atomic E-state index is -0.870. The smallest absolute Gasteiger partial charge is 0.303 e. The van der Waals surface area contributed by atoms with Crippen molar-refractivity contribution in [1.29, 1.82) is 0 Å². The van der Waals surface area contributed by atoms with E-state index in [-0.39, 0.29) is 18.1 Å². The van der Waals surface area contributed by atoms with E-state index >= 15 is 0 Å². The number of carbonyl (C=O) groups is 2. The molecule has 0 aliphatic heterocycles. The van der Waals surface area contributed by atoms with Crippen LogP contribution < -0.4 is 0 Å². The first kappa shape index (κ1) is 17.7. The lowest BCUT2D eigenvalue weighted by molar-refractivity contribution is -0.137. The number of aryl methyl sites for hydroxylation is 1. The number of carboxylic acids is 1. The van der Waals surface area contributed by atoms with Gasteiger partial charge in [0.15, 0.2) is 0 Å². The molecule has 0 fully saturated rings. The summed E-state index contributed by atoms with van der Waals surface area (Å²) in [6.07, 6.45) is 0.445. The van der Waals surface area contributed by atoms with E-state index in [4.69, 9.17) is 5.11 Å². The topological polar surface area (TPSA) is 62.5 Å². The van der Waals surface area contributed by atoms with Crippen LogP contribution in [0.25, 0.3) is 5.69 Å². The van der Waals surface area contributed by atoms with E-state index in [0.717, 1.165) is 17.1 Å². The molecule has 1 aromatic carbocycles. The number of benzene rings is 1. The average Bonchev–Trinajstić information content (AvgIpc) is 2.82. The van der Waals surface area contributed by atoms with Crippen molar-refractivity contribution >= 4 is 11.9 Å². The number of amides is 1. The maximum absolute atomic E-state index is 13.1. The first-order chi connectivity index (χ1) is 11.3. The molecule has 0 saturated carbocycles. The Kier molecular flexibility index (Phi) is 5.39. The van der Waals surface area contributed by atoms with E-state index in [0.29, 0.717) is 18.5 Å². The van der Waals surface area contributed by atoms with Gasteiger partial charge >= 0.3 is 5.97 Å². The van der Waals surface area contributed by atoms with Gasteiger partial charge in [-0.05, 0) is 50.6 Å². The molecular weight excluding hydrogens is 311 g/mol. The van der Waals surface area contributed by atoms with Crippen LogP contribution in [0, 0.1) is 19.7 Å². The van der Waals surface area contributed by atoms with Crippen LogP contribution in [-0.4, -0.2) is 40.0 Å². The molecule has 24 heavy (non-hydrogen) atoms. The highest BCUT2D eigenvalue weighted by Crippen LogP contribution is 2.22. The first-order valence-corrected chi connectivity index (χ1v) is 7.73. The van der Waals surface area contributed by atoms with Gasteiger partial charge in [0.1, 0.15) is 5.82 Å². The maximum atomic E-state index is 13.1. The lowest BCUT2D eigenvalue weighted by Gasteiger charge is -2.17. The molecule has 6 heteroatoms. The fourth-order valence-electron chi connectivity index (χ4n) is 2.74. The summed E-state index contributed by atoms with van der Waals surface area (Å²) in [6, 6.07) is 7.90. The SMILES string of the molecule is Cc1cc(C(=O)N(C)CCCC(=O)O)c(C)n1-c1ccc(F)cc1. The van der Waals surface area contributed by atoms with Gasteiger partial charge in [-0.2, -0.15) is 0 Å². The van der Waals surface area contributed by atoms with Crippen LogP contribution in [0.1, 0.15) is 34.6 Å². The standard InChI is InChI=1S/C18H21FN2O3/c1-12-11-16(18(24)20(3)10-4-5-17(22)23)13(2)21(12)15-8-6-14(19)7-9-15/h6-9,11H,4-5,10H2,1-3H3,(H,22,23). The van der Waals surface area contributed by atoms with Gasteiger partial charge in [0.05, 0.1) is 5.56 Å². The highest BCUT2D eigenvalue weighted by Gasteiger charge is 2.19. The number of nitrogens with zero attached hydrogens (tertiary/aromatic N) is 2. The van der Waals surface area contributed by atoms with Crippen molar-refractivity contribution in [3.05, 3.63) is 53.1 Å². The summed E-state index contributed by atoms with van der Waals surface area (Å²) in [5.41, 5.74) is 3.00. The van der Waals surface area contributed by atoms with Crippen LogP contribution in [0.4, 0.5) is 4.39 Å². The normalized spacial score (nSPS) is 10.7. The van der Waals surface area contributed by atoms with Crippen LogP contribution >= 0.6 is 0 Å². The van der Waals surface area contributed by atoms with Gasteiger partial charge in [-0.25, -0.2) is 4.39 Å². The van der Waals surface area contributed by atoms with E-state index in [1.807, 2.05) is 18.4 Å². The molecule has 1 amide bonds. The molecule has 0 saturated heterocycles. The highest BCUT2D eigenvalue weighted by atomic mass is 19.1. The van der Waals surface area contributed by atoms with Gasteiger partial charge in [-0.1, -0.05) is 0 Å². The molecule has 2 rings (SSSR count). The molecule has 0 atom stereocenters. The summed E-state index contributed by atoms with van der Waals surface area (Å²) in [4.78, 5) is 24.7. The number of carboxylic acid groups (broad SMARTS) is 1. The van der Waals surface area contributed by atoms with E-state index < -0.39 is 5.97 Å². The first-order valence-electron chi connectivity index (χ1n) is 7.73. The Morgan fingerprint density at radius 1 is 1.21 bits per heavy atom. The molecule has 1 N–H and O–H groups in total. The van der Waals surface area contributed by atoms with Crippen molar-refractivity contribution < 1.29 is 19.1 Å². The Bertz CT molecular complexity index is 750. The second-order valence-electron chi connectivity index (χ2n) is 5.82. The molecular formula is C18H21FN2O3. The molecule has 1 heterocycles. The third kappa shape index (κ3) is 3.82. The average molecular weight is 332 g/mol. The fraction of sp³-hybridized carbons (Fsp3) is 0.333. The van der Waals surface area contributed by atoms with E-state index in [9.17, 15) is 14.0 Å². The molecule has 0 aliphatic rings. The summed E-state index contributed by atoms with van der Waals surface area (Å²) in [6.45, 7) is 4.11. The van der Waals surface area contributed by atoms with Crippen molar-refractivity contribution in [2.24, 2.45) is 0 Å². The minimum absolute atomic E-state index is 0.0339. The number of hydrogen-bond donors (Lipinski definition) is 1. The second kappa shape index (κ2) is 7.29. The lowest BCUT2D eigenvalue weighted by Crippen LogP contribution is -2.28. The van der Waals surface area contributed by atoms with Crippen molar-refractivity contribution in [1.82, 2.24) is 9.47 Å². The zero-order chi connectivity index (χ0) is 17.9. The van der Waals surface area contributed by atoms with Gasteiger partial charge in [-0.15, -0.1) is 0 Å². The van der Waals surface area contributed by atoms with Crippen LogP contribution in [0.5, 0.6) is 0 Å². The van der Waals surface area contributed by atoms with Crippen molar-refractivity contribution in [2.45, 2.75) is 26.7 Å². The van der Waals surface area contributed by atoms with Crippen LogP contribution in [0.3, 0.4) is 0 Å². The molecule has 2 aromatic rings. The summed E-state index contributed by atoms with van der Waals surface area (Å²) in [7, 11) is 1.66. The van der Waals surface area contributed by atoms with Crippen LogP contribution in [0.15, 0.2) is 30.3 Å². The zero-order valence-corrected chi connectivity index (χ0v) is 14.0. The predicted octanol–water partition coefficient (Wildman–Crippen LogP) is 3.17. The molecule has 0 aliphatic carbocycles. The zero-order valence-electron chi connectivity index (χ0n) is 14.0. The monoisotopic (exact) mass is 332 g/mol. The molecule has 0 unspecified atom stereocenters. The number of aliphatic carboxylic acids is 1. The Morgan fingerprint density at radius 2 is 1.83 bits per heavy atom. The molecule has 5 nitrogen and oxygen atoms in total. The van der Waals surface area contributed by atoms with Crippen molar-refractivity contribution in [3.8, 4) is 5.69 Å². The lowest BCUT2D eigenvalue weighted by atomic mass is 10.2. The Labute approximate surface area is 140 Å². The molecule has 1 aromatic heterocycles. The number of aromatic nitrogens is 1. The van der Waals surface area contributed by atoms with E-state index in [2.05, 4.69) is 0 Å². The van der Waals surface area contributed by atoms with E-state index in [1.165, 1.54) is 17.0 Å². The Balaban J connectivity index is 2.22. The van der Waals surface area contributed by atoms with Gasteiger partial charge < -0.3 is 14.6 Å². The minimum Gasteiger partial charge on any atom is -0.481 e. The Hall–Kier alpha value is -2.63. The Morgan fingerprint density at radius 3 is 2.42 bits per heavy atom. The fourth-order valence-corrected chi connectivity index (χ4v) is 2.74. The third-order valence-corrected chi connectivity index (χ3v) is 3.98. The number of carbonyl (C=O) groups excluding carboxylic acids is 1. The molecule has 0 spiro atoms. The predicted molar refractivity (Wildman–Crippen MR) is 89.0 cm³/mol. The van der Waals surface area contributed by atoms with Crippen LogP contribution in [0.2, 0.25) is 0 Å². The molecule has 0 radical (unpaired) electrons. The maximum Gasteiger partial charge on any atom is 0.303 e. The number of halogens is 1. The van der Waals surface area contributed by atoms with Gasteiger partial charge in [0, 0.05) is 37.1 Å². The van der Waals surface area contributed by atoms with Gasteiger partial charge in [0.25, 0.3) is 5.91 Å². The number of rotatable bonds is 6. The largest absolute Gasteiger partial charge is 0.481 e. The van der Waals surface area contributed by atoms with Crippen molar-refractivity contribution in [2.75, 3.05) is 13.6 Å². The quantitative estimate of drug-likeness (QED) is 0.884. The third-order valence-electron chi connectivity index (χ3n) is 3.98. The highest BCUT2D eigenvalue weighted by molar-refractivity contribution is 5.95. The summed E-state index contributed by atoms with van der Waals surface area (Å²) < 4.78 is 15.0. The summed E-state index contributed by atoms with van der Waals surface area (Å²) in [5, 5.41) is 8.68. The van der Waals surface area contributed by atoms with Crippen LogP contribution in [-0.2, 0) is 4.79 Å². The van der Waals surface area contributed by atoms with Gasteiger partial charge in [-0.3, -0.25) is 9.59 Å². The molecule has 0 bridgehead atoms. The number of hydrogen-bond acceptors (Lipinski definition) is 2. The summed E-state index contributed by atoms with van der Waals surface area (Å²) >= 11 is 0. The van der Waals surface area contributed by atoms with E-state index in [1.54, 1.807) is 25.2 Å². The summed E-state index contributed by atoms with van der Waals surface area (Å²) in [5.74, 6) is -1.33. The van der Waals surface area contributed by atoms with Crippen molar-refractivity contribution in [3.63, 3.8) is 0 Å². The van der Waals surface area contributed by atoms with Gasteiger partial charge in [0.2, 0.25) is 0 Å².